The second-order valence-corrected chi connectivity index (χ2v) is 17.5. The van der Waals surface area contributed by atoms with Gasteiger partial charge in [-0.05, 0) is 6.92 Å². The summed E-state index contributed by atoms with van der Waals surface area (Å²) in [7, 11) is 0. The third kappa shape index (κ3) is 11.8. The van der Waals surface area contributed by atoms with Crippen molar-refractivity contribution in [2.75, 3.05) is 33.0 Å². The molecule has 6 fully saturated rings. The molecule has 0 aliphatic carbocycles. The van der Waals surface area contributed by atoms with Gasteiger partial charge in [-0.2, -0.15) is 0 Å². The summed E-state index contributed by atoms with van der Waals surface area (Å²) in [5.41, 5.74) is 0. The number of aliphatic hydroxyl groups excluding tert-OH is 18. The molecule has 6 aliphatic heterocycles. The topological polar surface area (TPSA) is 495 Å². The molecule has 1 amide bonds. The fourth-order valence-electron chi connectivity index (χ4n) is 8.83. The van der Waals surface area contributed by atoms with Gasteiger partial charge in [0.05, 0.1) is 39.1 Å². The van der Waals surface area contributed by atoms with Gasteiger partial charge in [0.2, 0.25) is 5.91 Å². The predicted octanol–water partition coefficient (Wildman–Crippen LogP) is -12.9. The van der Waals surface area contributed by atoms with E-state index in [0.717, 1.165) is 6.92 Å². The molecule has 0 radical (unpaired) electrons. The van der Waals surface area contributed by atoms with Crippen LogP contribution in [0.5, 0.6) is 0 Å². The van der Waals surface area contributed by atoms with Crippen molar-refractivity contribution in [1.82, 2.24) is 5.32 Å². The van der Waals surface area contributed by atoms with Gasteiger partial charge < -0.3 is 149 Å². The summed E-state index contributed by atoms with van der Waals surface area (Å²) >= 11 is 0. The van der Waals surface area contributed by atoms with Crippen molar-refractivity contribution >= 4 is 5.91 Å². The van der Waals surface area contributed by atoms with E-state index in [4.69, 9.17) is 52.1 Å². The van der Waals surface area contributed by atoms with Crippen LogP contribution in [0, 0.1) is 0 Å². The Labute approximate surface area is 390 Å². The molecule has 6 heterocycles. The quantitative estimate of drug-likeness (QED) is 0.0682. The SMILES string of the molecule is CC(=O)N[C@H]1[C@H](O[C@H]2[C@@H](O)[C@@H](CO)O[C@@H](O[C@H]3[C@H](O)[C@@H](O)[C@@H](O)O[C@@H]3CO)[C@@H]2O)O[C@H](CO)[C@@H](O)[C@@H]1O[C@@H]1O[C@H](CO)[C@H](O)[C@H](O[C@H]2O[C@H](CO)[C@H](O)[C@H](O)[C@H]2O)[C@H]1O[C@@H]1O[C@@H](C)[C@@H](O)[C@@H](O)[C@@H]1O. The number of carbonyl (C=O) groups is 1. The molecule has 0 aromatic rings. The van der Waals surface area contributed by atoms with Crippen LogP contribution in [0.4, 0.5) is 0 Å². The van der Waals surface area contributed by atoms with Gasteiger partial charge in [0.25, 0.3) is 0 Å². The molecule has 69 heavy (non-hydrogen) atoms. The number of nitrogens with one attached hydrogen (secondary N) is 1. The van der Waals surface area contributed by atoms with E-state index >= 15 is 0 Å². The molecule has 19 N–H and O–H groups in total. The Hall–Kier alpha value is -1.69. The number of ether oxygens (including phenoxy) is 11. The summed E-state index contributed by atoms with van der Waals surface area (Å²) in [6.45, 7) is -2.68. The van der Waals surface area contributed by atoms with Crippen LogP contribution in [-0.4, -0.2) is 315 Å². The largest absolute Gasteiger partial charge is 0.394 e. The zero-order valence-electron chi connectivity index (χ0n) is 36.8. The van der Waals surface area contributed by atoms with Crippen LogP contribution in [-0.2, 0) is 56.9 Å². The third-order valence-electron chi connectivity index (χ3n) is 12.8. The predicted molar refractivity (Wildman–Crippen MR) is 209 cm³/mol. The zero-order chi connectivity index (χ0) is 50.9. The van der Waals surface area contributed by atoms with Crippen LogP contribution in [0.15, 0.2) is 0 Å². The summed E-state index contributed by atoms with van der Waals surface area (Å²) < 4.78 is 63.3. The van der Waals surface area contributed by atoms with E-state index in [-0.39, 0.29) is 0 Å². The van der Waals surface area contributed by atoms with Gasteiger partial charge in [-0.1, -0.05) is 0 Å². The highest BCUT2D eigenvalue weighted by Gasteiger charge is 2.59. The lowest BCUT2D eigenvalue weighted by molar-refractivity contribution is -0.404. The Morgan fingerprint density at radius 1 is 0.377 bits per heavy atom. The first-order valence-electron chi connectivity index (χ1n) is 22.0. The molecule has 402 valence electrons. The maximum absolute atomic E-state index is 12.9. The number of hydrogen-bond donors (Lipinski definition) is 19. The Morgan fingerprint density at radius 3 is 1.33 bits per heavy atom. The van der Waals surface area contributed by atoms with Crippen LogP contribution < -0.4 is 5.32 Å². The highest BCUT2D eigenvalue weighted by atomic mass is 16.8. The Morgan fingerprint density at radius 2 is 0.783 bits per heavy atom. The summed E-state index contributed by atoms with van der Waals surface area (Å²) in [6, 6.07) is -1.85. The fraction of sp³-hybridized carbons (Fsp3) is 0.974. The van der Waals surface area contributed by atoms with Gasteiger partial charge in [-0.15, -0.1) is 0 Å². The van der Waals surface area contributed by atoms with Crippen molar-refractivity contribution in [2.45, 2.75) is 198 Å². The molecule has 0 unspecified atom stereocenters. The second kappa shape index (κ2) is 24.1. The number of rotatable bonds is 16. The Kier molecular flexibility index (Phi) is 19.8. The number of amides is 1. The summed E-state index contributed by atoms with van der Waals surface area (Å²) in [6.07, 6.45) is -55.6. The van der Waals surface area contributed by atoms with Gasteiger partial charge >= 0.3 is 0 Å². The molecule has 0 saturated carbocycles. The lowest BCUT2D eigenvalue weighted by Gasteiger charge is -2.51. The van der Waals surface area contributed by atoms with E-state index < -0.39 is 223 Å². The Balaban J connectivity index is 1.35. The molecule has 31 heteroatoms. The maximum Gasteiger partial charge on any atom is 0.217 e. The van der Waals surface area contributed by atoms with Crippen molar-refractivity contribution in [3.8, 4) is 0 Å². The lowest BCUT2D eigenvalue weighted by atomic mass is 9.94. The summed E-state index contributed by atoms with van der Waals surface area (Å²) in [5, 5.41) is 194. The van der Waals surface area contributed by atoms with E-state index in [1.165, 1.54) is 6.92 Å². The molecule has 0 aromatic heterocycles. The minimum Gasteiger partial charge on any atom is -0.394 e. The van der Waals surface area contributed by atoms with E-state index in [0.29, 0.717) is 0 Å². The van der Waals surface area contributed by atoms with Gasteiger partial charge in [0.1, 0.15) is 140 Å². The van der Waals surface area contributed by atoms with Gasteiger partial charge in [-0.3, -0.25) is 4.79 Å². The monoisotopic (exact) mass is 1020 g/mol. The summed E-state index contributed by atoms with van der Waals surface area (Å²) in [5.74, 6) is -0.893. The number of aliphatic hydroxyl groups is 18. The molecular formula is C38H65NO30. The number of hydrogen-bond acceptors (Lipinski definition) is 30. The van der Waals surface area contributed by atoms with Gasteiger partial charge in [0, 0.05) is 6.92 Å². The number of carbonyl (C=O) groups excluding carboxylic acids is 1. The average Bonchev–Trinajstić information content (AvgIpc) is 3.32. The standard InChI is InChI=1S/C38H65NO30/c1-8-16(46)21(51)25(55)35(59-8)69-32-31(68-36-26(56)22(52)17(47)10(3-40)62-36)20(50)13(6-43)64-38(32)66-29-15(39-9(2)45)34(61-11(4-41)18(29)48)67-30-19(49)12(5-42)63-37(27(30)57)65-28-14(7-44)60-33(58)24(54)23(28)53/h8,10-38,40-44,46-58H,3-7H2,1-2H3,(H,39,45)/t8-,10+,11+,12+,13+,14+,15+,16+,17-,18+,19-,20-,21+,22-,23+,24+,25-,26+,27+,28+,29+,30-,31-,32+,33-,34-,35-,36+,37-,38-/m0/s1. The first kappa shape index (κ1) is 56.6. The van der Waals surface area contributed by atoms with Crippen LogP contribution >= 0.6 is 0 Å². The molecular weight excluding hydrogens is 950 g/mol. The summed E-state index contributed by atoms with van der Waals surface area (Å²) in [4.78, 5) is 12.9. The molecule has 31 nitrogen and oxygen atoms in total. The minimum atomic E-state index is -2.18. The molecule has 0 aromatic carbocycles. The smallest absolute Gasteiger partial charge is 0.217 e. The fourth-order valence-corrected chi connectivity index (χ4v) is 8.83. The molecule has 6 saturated heterocycles. The van der Waals surface area contributed by atoms with Crippen LogP contribution in [0.1, 0.15) is 13.8 Å². The molecule has 6 aliphatic rings. The van der Waals surface area contributed by atoms with Crippen LogP contribution in [0.25, 0.3) is 0 Å². The third-order valence-corrected chi connectivity index (χ3v) is 12.8. The first-order chi connectivity index (χ1) is 32.6. The van der Waals surface area contributed by atoms with Gasteiger partial charge in [-0.25, -0.2) is 0 Å². The first-order valence-corrected chi connectivity index (χ1v) is 22.0. The molecule has 0 spiro atoms. The van der Waals surface area contributed by atoms with Crippen LogP contribution in [0.3, 0.4) is 0 Å². The lowest BCUT2D eigenvalue weighted by Crippen LogP contribution is -2.71. The molecule has 0 bridgehead atoms. The highest BCUT2D eigenvalue weighted by Crippen LogP contribution is 2.38. The van der Waals surface area contributed by atoms with Crippen molar-refractivity contribution in [3.05, 3.63) is 0 Å². The van der Waals surface area contributed by atoms with Crippen molar-refractivity contribution in [1.29, 1.82) is 0 Å². The molecule has 30 atom stereocenters. The van der Waals surface area contributed by atoms with Crippen molar-refractivity contribution in [2.24, 2.45) is 0 Å². The minimum absolute atomic E-state index is 0.893. The maximum atomic E-state index is 12.9. The van der Waals surface area contributed by atoms with Crippen molar-refractivity contribution < 1.29 is 149 Å². The highest BCUT2D eigenvalue weighted by molar-refractivity contribution is 5.73. The van der Waals surface area contributed by atoms with E-state index in [1.807, 2.05) is 0 Å². The van der Waals surface area contributed by atoms with E-state index in [9.17, 15) is 96.7 Å². The van der Waals surface area contributed by atoms with Crippen LogP contribution in [0.2, 0.25) is 0 Å². The van der Waals surface area contributed by atoms with Gasteiger partial charge in [0.15, 0.2) is 37.7 Å². The average molecular weight is 1020 g/mol. The Bertz CT molecular complexity index is 1610. The zero-order valence-corrected chi connectivity index (χ0v) is 36.8. The van der Waals surface area contributed by atoms with Crippen molar-refractivity contribution in [3.63, 3.8) is 0 Å². The molecule has 6 rings (SSSR count). The van der Waals surface area contributed by atoms with E-state index in [1.54, 1.807) is 0 Å². The van der Waals surface area contributed by atoms with E-state index in [2.05, 4.69) is 5.32 Å². The second-order valence-electron chi connectivity index (χ2n) is 17.5. The normalized spacial score (nSPS) is 52.1.